The molecule has 1 atom stereocenters. The number of hydrogen-bond donors (Lipinski definition) is 1. The third kappa shape index (κ3) is 1.98. The lowest BCUT2D eigenvalue weighted by molar-refractivity contribution is -0.384. The molecule has 1 aromatic carbocycles. The van der Waals surface area contributed by atoms with Crippen molar-refractivity contribution in [2.45, 2.75) is 5.25 Å². The highest BCUT2D eigenvalue weighted by atomic mass is 32.1. The predicted octanol–water partition coefficient (Wildman–Crippen LogP) is 2.40. The van der Waals surface area contributed by atoms with E-state index in [1.165, 1.54) is 12.1 Å². The van der Waals surface area contributed by atoms with Crippen LogP contribution in [0.2, 0.25) is 0 Å². The van der Waals surface area contributed by atoms with Crippen molar-refractivity contribution < 1.29 is 4.92 Å². The number of thiol groups is 1. The Labute approximate surface area is 76.0 Å². The van der Waals surface area contributed by atoms with Gasteiger partial charge in [-0.25, -0.2) is 0 Å². The molecule has 12 heavy (non-hydrogen) atoms. The predicted molar refractivity (Wildman–Crippen MR) is 50.2 cm³/mol. The Balaban J connectivity index is 2.93. The Morgan fingerprint density at radius 2 is 1.92 bits per heavy atom. The van der Waals surface area contributed by atoms with Crippen molar-refractivity contribution in [3.63, 3.8) is 0 Å². The van der Waals surface area contributed by atoms with Gasteiger partial charge in [0.1, 0.15) is 0 Å². The maximum absolute atomic E-state index is 10.3. The molecular formula is C8H8NO2S. The smallest absolute Gasteiger partial charge is 0.258 e. The lowest BCUT2D eigenvalue weighted by atomic mass is 10.1. The molecule has 63 valence electrons. The summed E-state index contributed by atoms with van der Waals surface area (Å²) in [6, 6.07) is 6.21. The third-order valence-corrected chi connectivity index (χ3v) is 1.79. The highest BCUT2D eigenvalue weighted by Gasteiger charge is 2.05. The minimum Gasteiger partial charge on any atom is -0.258 e. The summed E-state index contributed by atoms with van der Waals surface area (Å²) >= 11 is 4.09. The van der Waals surface area contributed by atoms with Crippen molar-refractivity contribution >= 4 is 18.3 Å². The number of hydrogen-bond acceptors (Lipinski definition) is 3. The van der Waals surface area contributed by atoms with E-state index in [1.54, 1.807) is 12.1 Å². The van der Waals surface area contributed by atoms with Gasteiger partial charge in [0.2, 0.25) is 0 Å². The average molecular weight is 182 g/mol. The van der Waals surface area contributed by atoms with Crippen molar-refractivity contribution in [2.24, 2.45) is 0 Å². The monoisotopic (exact) mass is 182 g/mol. The number of nitro benzene ring substituents is 1. The van der Waals surface area contributed by atoms with E-state index >= 15 is 0 Å². The first-order valence-electron chi connectivity index (χ1n) is 3.37. The summed E-state index contributed by atoms with van der Waals surface area (Å²) in [5, 5.41) is 10.1. The molecule has 0 heterocycles. The van der Waals surface area contributed by atoms with Crippen LogP contribution in [0.5, 0.6) is 0 Å². The summed E-state index contributed by atoms with van der Waals surface area (Å²) in [6.07, 6.45) is 0. The minimum atomic E-state index is -0.430. The molecule has 0 fully saturated rings. The Morgan fingerprint density at radius 1 is 1.42 bits per heavy atom. The quantitative estimate of drug-likeness (QED) is 0.433. The van der Waals surface area contributed by atoms with E-state index in [4.69, 9.17) is 0 Å². The maximum atomic E-state index is 10.3. The molecule has 0 aliphatic heterocycles. The van der Waals surface area contributed by atoms with Gasteiger partial charge in [0, 0.05) is 17.4 Å². The second kappa shape index (κ2) is 3.58. The molecule has 0 aliphatic carbocycles. The van der Waals surface area contributed by atoms with E-state index in [0.29, 0.717) is 0 Å². The molecule has 0 aliphatic rings. The fourth-order valence-corrected chi connectivity index (χ4v) is 0.990. The largest absolute Gasteiger partial charge is 0.269 e. The van der Waals surface area contributed by atoms with Crippen molar-refractivity contribution in [3.8, 4) is 0 Å². The van der Waals surface area contributed by atoms with Gasteiger partial charge in [0.25, 0.3) is 5.69 Å². The molecule has 0 amide bonds. The van der Waals surface area contributed by atoms with Gasteiger partial charge in [-0.2, -0.15) is 12.6 Å². The molecule has 0 spiro atoms. The first-order chi connectivity index (χ1) is 5.61. The van der Waals surface area contributed by atoms with Gasteiger partial charge in [0.15, 0.2) is 0 Å². The van der Waals surface area contributed by atoms with E-state index < -0.39 is 4.92 Å². The zero-order chi connectivity index (χ0) is 9.14. The highest BCUT2D eigenvalue weighted by molar-refractivity contribution is 7.80. The Kier molecular flexibility index (Phi) is 2.70. The number of rotatable bonds is 2. The van der Waals surface area contributed by atoms with Gasteiger partial charge in [-0.05, 0) is 12.5 Å². The van der Waals surface area contributed by atoms with Crippen LogP contribution in [0.15, 0.2) is 24.3 Å². The Hall–Kier alpha value is -1.03. The van der Waals surface area contributed by atoms with E-state index in [9.17, 15) is 10.1 Å². The van der Waals surface area contributed by atoms with Crippen LogP contribution >= 0.6 is 12.6 Å². The number of nitrogens with zero attached hydrogens (tertiary/aromatic N) is 1. The van der Waals surface area contributed by atoms with E-state index in [1.807, 2.05) is 0 Å². The summed E-state index contributed by atoms with van der Waals surface area (Å²) in [5.41, 5.74) is 0.969. The van der Waals surface area contributed by atoms with Crippen LogP contribution in [-0.2, 0) is 0 Å². The van der Waals surface area contributed by atoms with Gasteiger partial charge in [0.05, 0.1) is 4.92 Å². The van der Waals surface area contributed by atoms with Gasteiger partial charge >= 0.3 is 0 Å². The topological polar surface area (TPSA) is 43.1 Å². The van der Waals surface area contributed by atoms with E-state index in [2.05, 4.69) is 19.6 Å². The van der Waals surface area contributed by atoms with Crippen LogP contribution in [0.25, 0.3) is 0 Å². The second-order valence-electron chi connectivity index (χ2n) is 2.36. The minimum absolute atomic E-state index is 0.0905. The van der Waals surface area contributed by atoms with Crippen LogP contribution in [-0.4, -0.2) is 4.92 Å². The average Bonchev–Trinajstić information content (AvgIpc) is 2.04. The molecule has 1 aromatic rings. The maximum Gasteiger partial charge on any atom is 0.269 e. The molecular weight excluding hydrogens is 174 g/mol. The summed E-state index contributed by atoms with van der Waals surface area (Å²) < 4.78 is 0. The van der Waals surface area contributed by atoms with Crippen molar-refractivity contribution in [3.05, 3.63) is 46.9 Å². The van der Waals surface area contributed by atoms with Gasteiger partial charge in [-0.3, -0.25) is 10.1 Å². The van der Waals surface area contributed by atoms with Crippen LogP contribution in [0.4, 0.5) is 5.69 Å². The lowest BCUT2D eigenvalue weighted by Crippen LogP contribution is -1.89. The fourth-order valence-electron chi connectivity index (χ4n) is 0.818. The summed E-state index contributed by atoms with van der Waals surface area (Å²) in [5.74, 6) is 0. The Bertz CT molecular complexity index is 282. The van der Waals surface area contributed by atoms with Crippen LogP contribution < -0.4 is 0 Å². The molecule has 3 nitrogen and oxygen atoms in total. The van der Waals surface area contributed by atoms with Gasteiger partial charge < -0.3 is 0 Å². The molecule has 0 N–H and O–H groups in total. The third-order valence-electron chi connectivity index (χ3n) is 1.49. The first kappa shape index (κ1) is 9.06. The number of nitro groups is 1. The second-order valence-corrected chi connectivity index (χ2v) is 2.99. The summed E-state index contributed by atoms with van der Waals surface area (Å²) in [6.45, 7) is 3.68. The standard InChI is InChI=1S/C8H8NO2S/c1-6(12)7-2-4-8(5-3-7)9(10)11/h2-6,12H,1H2. The van der Waals surface area contributed by atoms with Crippen molar-refractivity contribution in [1.82, 2.24) is 0 Å². The molecule has 1 unspecified atom stereocenters. The van der Waals surface area contributed by atoms with Crippen molar-refractivity contribution in [1.29, 1.82) is 0 Å². The van der Waals surface area contributed by atoms with Crippen LogP contribution in [0, 0.1) is 17.0 Å². The van der Waals surface area contributed by atoms with Crippen molar-refractivity contribution in [2.75, 3.05) is 0 Å². The molecule has 0 saturated heterocycles. The van der Waals surface area contributed by atoms with E-state index in [-0.39, 0.29) is 10.9 Å². The lowest BCUT2D eigenvalue weighted by Gasteiger charge is -2.01. The molecule has 1 rings (SSSR count). The SMILES string of the molecule is [CH2]C(S)c1ccc([N+](=O)[O-])cc1. The number of benzene rings is 1. The fraction of sp³-hybridized carbons (Fsp3) is 0.125. The summed E-state index contributed by atoms with van der Waals surface area (Å²) in [7, 11) is 0. The molecule has 4 heteroatoms. The van der Waals surface area contributed by atoms with Crippen LogP contribution in [0.3, 0.4) is 0 Å². The van der Waals surface area contributed by atoms with E-state index in [0.717, 1.165) is 5.56 Å². The summed E-state index contributed by atoms with van der Waals surface area (Å²) in [4.78, 5) is 9.82. The molecule has 0 aromatic heterocycles. The molecule has 1 radical (unpaired) electrons. The highest BCUT2D eigenvalue weighted by Crippen LogP contribution is 2.20. The van der Waals surface area contributed by atoms with Gasteiger partial charge in [-0.15, -0.1) is 0 Å². The zero-order valence-corrected chi connectivity index (χ0v) is 7.20. The Morgan fingerprint density at radius 3 is 2.25 bits per heavy atom. The first-order valence-corrected chi connectivity index (χ1v) is 3.88. The number of non-ortho nitro benzene ring substituents is 1. The molecule has 0 saturated carbocycles. The molecule has 0 bridgehead atoms. The zero-order valence-electron chi connectivity index (χ0n) is 6.30. The normalized spacial score (nSPS) is 12.5. The van der Waals surface area contributed by atoms with Crippen LogP contribution in [0.1, 0.15) is 10.8 Å². The van der Waals surface area contributed by atoms with Gasteiger partial charge in [-0.1, -0.05) is 12.1 Å².